The van der Waals surface area contributed by atoms with Crippen molar-refractivity contribution < 1.29 is 18.8 Å². The normalized spacial score (nSPS) is 29.2. The number of rotatable bonds is 3. The second-order valence-corrected chi connectivity index (χ2v) is 5.48. The number of ether oxygens (including phenoxy) is 1. The molecule has 0 radical (unpaired) electrons. The number of carbonyl (C=O) groups excluding carboxylic acids is 1. The molecule has 4 unspecified atom stereocenters. The van der Waals surface area contributed by atoms with Gasteiger partial charge in [-0.05, 0) is 37.5 Å². The summed E-state index contributed by atoms with van der Waals surface area (Å²) in [7, 11) is 0. The molecular formula is C13H27AlO4. The summed E-state index contributed by atoms with van der Waals surface area (Å²) in [6.45, 7) is 7.99. The van der Waals surface area contributed by atoms with Crippen LogP contribution < -0.4 is 0 Å². The van der Waals surface area contributed by atoms with Crippen molar-refractivity contribution in [3.8, 4) is 0 Å². The van der Waals surface area contributed by atoms with Crippen molar-refractivity contribution in [2.75, 3.05) is 0 Å². The lowest BCUT2D eigenvalue weighted by Crippen LogP contribution is -2.37. The number of hydrogen-bond acceptors (Lipinski definition) is 4. The molecule has 4 nitrogen and oxygen atoms in total. The number of aliphatic hydroxyl groups excluding tert-OH is 1. The Morgan fingerprint density at radius 1 is 1.28 bits per heavy atom. The lowest BCUT2D eigenvalue weighted by Gasteiger charge is -2.36. The van der Waals surface area contributed by atoms with Crippen LogP contribution in [0.25, 0.3) is 0 Å². The van der Waals surface area contributed by atoms with E-state index in [0.717, 1.165) is 12.8 Å². The maximum Gasteiger partial charge on any atom is 0.407 e. The van der Waals surface area contributed by atoms with Crippen LogP contribution in [0.1, 0.15) is 47.0 Å². The molecule has 1 aliphatic rings. The molecule has 4 atom stereocenters. The molecule has 1 aliphatic carbocycles. The second-order valence-electron chi connectivity index (χ2n) is 5.48. The van der Waals surface area contributed by atoms with Crippen LogP contribution >= 0.6 is 0 Å². The van der Waals surface area contributed by atoms with E-state index in [9.17, 15) is 4.79 Å². The van der Waals surface area contributed by atoms with Gasteiger partial charge in [-0.25, -0.2) is 4.79 Å². The van der Waals surface area contributed by atoms with Crippen molar-refractivity contribution in [1.29, 1.82) is 0 Å². The smallest absolute Gasteiger partial charge is 0.407 e. The Kier molecular flexibility index (Phi) is 8.89. The predicted octanol–water partition coefficient (Wildman–Crippen LogP) is 0.898. The summed E-state index contributed by atoms with van der Waals surface area (Å²) >= 11 is 0.306. The zero-order valence-corrected chi connectivity index (χ0v) is 14.2. The van der Waals surface area contributed by atoms with E-state index in [0.29, 0.717) is 34.4 Å². The number of hydrogen-bond donors (Lipinski definition) is 2. The van der Waals surface area contributed by atoms with Gasteiger partial charge < -0.3 is 14.0 Å². The minimum Gasteiger partial charge on any atom is -0.521 e. The Morgan fingerprint density at radius 3 is 2.28 bits per heavy atom. The van der Waals surface area contributed by atoms with E-state index in [1.54, 1.807) is 0 Å². The molecule has 0 aromatic carbocycles. The van der Waals surface area contributed by atoms with E-state index < -0.39 is 12.1 Å². The van der Waals surface area contributed by atoms with Crippen molar-refractivity contribution >= 4 is 22.6 Å². The Balaban J connectivity index is 0.00000137. The maximum absolute atomic E-state index is 11.4. The number of esters is 1. The molecule has 0 heterocycles. The standard InChI is InChI=1S/C13H24O3.Al.H2O.2H/c1-8(2)11-6-5-9(3)7-12(11)16-13(15)10(4)14;;;;/h8-12,14H,5-7H2,1-4H3;;1H2;;/q;+1;;;/p-1. The van der Waals surface area contributed by atoms with Gasteiger partial charge in [-0.1, -0.05) is 27.2 Å². The van der Waals surface area contributed by atoms with Crippen LogP contribution in [0, 0.1) is 17.8 Å². The van der Waals surface area contributed by atoms with Crippen LogP contribution in [0.5, 0.6) is 0 Å². The lowest BCUT2D eigenvalue weighted by molar-refractivity contribution is -0.164. The molecular weight excluding hydrogens is 247 g/mol. The zero-order chi connectivity index (χ0) is 14.3. The highest BCUT2D eigenvalue weighted by molar-refractivity contribution is 5.95. The minimum absolute atomic E-state index is 0.00847. The van der Waals surface area contributed by atoms with E-state index in [1.807, 2.05) is 0 Å². The summed E-state index contributed by atoms with van der Waals surface area (Å²) in [5.74, 6) is 1.10. The summed E-state index contributed by atoms with van der Waals surface area (Å²) in [4.78, 5) is 11.4. The first-order valence-electron chi connectivity index (χ1n) is 6.75. The molecule has 0 aromatic heterocycles. The van der Waals surface area contributed by atoms with E-state index in [-0.39, 0.29) is 6.10 Å². The number of aliphatic hydroxyl groups is 1. The quantitative estimate of drug-likeness (QED) is 0.593. The first kappa shape index (κ1) is 17.9. The third kappa shape index (κ3) is 5.71. The first-order valence-corrected chi connectivity index (χ1v) is 7.64. The van der Waals surface area contributed by atoms with Gasteiger partial charge in [0, 0.05) is 0 Å². The van der Waals surface area contributed by atoms with Gasteiger partial charge in [-0.15, -0.1) is 0 Å². The van der Waals surface area contributed by atoms with Gasteiger partial charge in [-0.3, -0.25) is 0 Å². The van der Waals surface area contributed by atoms with Gasteiger partial charge in [0.05, 0.1) is 0 Å². The fourth-order valence-corrected chi connectivity index (χ4v) is 2.50. The molecule has 5 heteroatoms. The van der Waals surface area contributed by atoms with Crippen molar-refractivity contribution in [3.05, 3.63) is 0 Å². The monoisotopic (exact) mass is 274 g/mol. The highest BCUT2D eigenvalue weighted by atomic mass is 27.1. The van der Waals surface area contributed by atoms with Crippen LogP contribution in [0.3, 0.4) is 0 Å². The summed E-state index contributed by atoms with van der Waals surface area (Å²) in [6.07, 6.45) is 2.25. The molecule has 18 heavy (non-hydrogen) atoms. The molecule has 1 rings (SSSR count). The van der Waals surface area contributed by atoms with Crippen molar-refractivity contribution in [2.45, 2.75) is 59.2 Å². The Bertz CT molecular complexity index is 243. The average molecular weight is 274 g/mol. The van der Waals surface area contributed by atoms with Crippen molar-refractivity contribution in [1.82, 2.24) is 0 Å². The summed E-state index contributed by atoms with van der Waals surface area (Å²) < 4.78 is 12.5. The SMILES string of the molecule is CC1CCC(C(C)C)C(OC(=O)C(C)O)C1.[OH][AlH2]. The molecule has 0 spiro atoms. The van der Waals surface area contributed by atoms with E-state index in [1.165, 1.54) is 13.3 Å². The fourth-order valence-electron chi connectivity index (χ4n) is 2.50. The van der Waals surface area contributed by atoms with Crippen molar-refractivity contribution in [3.63, 3.8) is 0 Å². The topological polar surface area (TPSA) is 66.8 Å². The third-order valence-corrected chi connectivity index (χ3v) is 3.57. The highest BCUT2D eigenvalue weighted by Crippen LogP contribution is 2.35. The summed E-state index contributed by atoms with van der Waals surface area (Å²) in [6, 6.07) is 0. The van der Waals surface area contributed by atoms with Crippen molar-refractivity contribution in [2.24, 2.45) is 17.8 Å². The van der Waals surface area contributed by atoms with Gasteiger partial charge in [-0.2, -0.15) is 0 Å². The maximum atomic E-state index is 11.4. The summed E-state index contributed by atoms with van der Waals surface area (Å²) in [5.41, 5.74) is 0. The fraction of sp³-hybridized carbons (Fsp3) is 0.923. The van der Waals surface area contributed by atoms with Crippen LogP contribution in [0.15, 0.2) is 0 Å². The molecule has 106 valence electrons. The Hall–Kier alpha value is -0.0775. The van der Waals surface area contributed by atoms with Gasteiger partial charge in [0.25, 0.3) is 0 Å². The second kappa shape index (κ2) is 8.93. The van der Waals surface area contributed by atoms with Crippen LogP contribution in [-0.4, -0.2) is 44.1 Å². The van der Waals surface area contributed by atoms with E-state index in [2.05, 4.69) is 20.8 Å². The highest BCUT2D eigenvalue weighted by Gasteiger charge is 2.33. The van der Waals surface area contributed by atoms with E-state index >= 15 is 0 Å². The van der Waals surface area contributed by atoms with Crippen LogP contribution in [0.2, 0.25) is 0 Å². The van der Waals surface area contributed by atoms with Gasteiger partial charge in [0.2, 0.25) is 0 Å². The molecule has 0 bridgehead atoms. The molecule has 1 saturated carbocycles. The first-order chi connectivity index (χ1) is 8.41. The largest absolute Gasteiger partial charge is 0.521 e. The molecule has 0 amide bonds. The minimum atomic E-state index is -1.01. The van der Waals surface area contributed by atoms with Gasteiger partial charge in [0.15, 0.2) is 0 Å². The average Bonchev–Trinajstić information content (AvgIpc) is 2.31. The van der Waals surface area contributed by atoms with Gasteiger partial charge >= 0.3 is 22.6 Å². The Labute approximate surface area is 118 Å². The van der Waals surface area contributed by atoms with Crippen LogP contribution in [0.4, 0.5) is 0 Å². The Morgan fingerprint density at radius 2 is 1.83 bits per heavy atom. The lowest BCUT2D eigenvalue weighted by atomic mass is 9.75. The zero-order valence-electron chi connectivity index (χ0n) is 12.2. The molecule has 0 aliphatic heterocycles. The molecule has 1 fully saturated rings. The summed E-state index contributed by atoms with van der Waals surface area (Å²) in [5, 5.41) is 9.17. The third-order valence-electron chi connectivity index (χ3n) is 3.57. The molecule has 0 saturated heterocycles. The molecule has 2 N–H and O–H groups in total. The molecule has 0 aromatic rings. The van der Waals surface area contributed by atoms with E-state index in [4.69, 9.17) is 14.0 Å². The number of carbonyl (C=O) groups is 1. The predicted molar refractivity (Wildman–Crippen MR) is 73.7 cm³/mol. The van der Waals surface area contributed by atoms with Crippen LogP contribution in [-0.2, 0) is 9.53 Å². The van der Waals surface area contributed by atoms with Gasteiger partial charge in [0.1, 0.15) is 12.2 Å².